The van der Waals surface area contributed by atoms with Gasteiger partial charge in [-0.05, 0) is 45.4 Å². The molecule has 0 rings (SSSR count). The van der Waals surface area contributed by atoms with Gasteiger partial charge in [0.2, 0.25) is 11.8 Å². The SMILES string of the molecule is CC(N)=NCCCCC(NC(=O)CC(C(=O)O)C(CC(=O)NC(N)CCCCN=C(N)CF)C(=O)O)C(=O)O. The lowest BCUT2D eigenvalue weighted by atomic mass is 9.86. The highest BCUT2D eigenvalue weighted by Gasteiger charge is 2.37. The van der Waals surface area contributed by atoms with E-state index in [1.165, 1.54) is 0 Å². The van der Waals surface area contributed by atoms with E-state index >= 15 is 0 Å². The molecule has 0 bridgehead atoms. The molecule has 0 aliphatic carbocycles. The standard InChI is InChI=1S/C23H40FN7O8/c1-13(25)28-8-4-2-6-16(23(38)39)30-19(32)10-14(21(34)35)15(22(36)37)11-20(33)31-17(26)7-3-5-9-29-18(27)12-24/h14-17H,2-12,26H2,1H3,(H2,25,28)(H2,27,29)(H,30,32)(H,31,33)(H,34,35)(H,36,37)(H,38,39). The van der Waals surface area contributed by atoms with Crippen LogP contribution in [0.1, 0.15) is 58.3 Å². The van der Waals surface area contributed by atoms with Gasteiger partial charge in [-0.1, -0.05) is 0 Å². The number of halogens is 1. The van der Waals surface area contributed by atoms with Crippen LogP contribution >= 0.6 is 0 Å². The molecule has 0 heterocycles. The van der Waals surface area contributed by atoms with Crippen LogP contribution in [0.4, 0.5) is 4.39 Å². The zero-order chi connectivity index (χ0) is 30.0. The van der Waals surface area contributed by atoms with Crippen LogP contribution in [0.5, 0.6) is 0 Å². The molecular formula is C23H40FN7O8. The third kappa shape index (κ3) is 16.6. The molecule has 39 heavy (non-hydrogen) atoms. The first-order chi connectivity index (χ1) is 18.3. The number of aliphatic imine (C=N–C) groups is 2. The number of carbonyl (C=O) groups excluding carboxylic acids is 2. The monoisotopic (exact) mass is 561 g/mol. The van der Waals surface area contributed by atoms with Gasteiger partial charge >= 0.3 is 17.9 Å². The van der Waals surface area contributed by atoms with E-state index in [0.717, 1.165) is 0 Å². The molecule has 0 saturated heterocycles. The number of amides is 2. The van der Waals surface area contributed by atoms with Gasteiger partial charge in [-0.15, -0.1) is 0 Å². The van der Waals surface area contributed by atoms with Crippen molar-refractivity contribution in [2.45, 2.75) is 70.5 Å². The van der Waals surface area contributed by atoms with Gasteiger partial charge in [0.05, 0.1) is 23.8 Å². The number of carboxylic acids is 3. The van der Waals surface area contributed by atoms with Crippen LogP contribution in [-0.2, 0) is 24.0 Å². The molecule has 15 nitrogen and oxygen atoms in total. The number of carbonyl (C=O) groups is 5. The number of nitrogens with two attached hydrogens (primary N) is 3. The maximum atomic E-state index is 12.4. The molecule has 0 aromatic rings. The summed E-state index contributed by atoms with van der Waals surface area (Å²) in [6.45, 7) is 1.39. The van der Waals surface area contributed by atoms with Gasteiger partial charge in [0.1, 0.15) is 18.6 Å². The minimum Gasteiger partial charge on any atom is -0.481 e. The average molecular weight is 562 g/mol. The summed E-state index contributed by atoms with van der Waals surface area (Å²) in [5, 5.41) is 33.1. The number of hydrogen-bond donors (Lipinski definition) is 8. The van der Waals surface area contributed by atoms with E-state index in [0.29, 0.717) is 38.1 Å². The highest BCUT2D eigenvalue weighted by molar-refractivity contribution is 5.90. The topological polar surface area (TPSA) is 273 Å². The summed E-state index contributed by atoms with van der Waals surface area (Å²) in [6.07, 6.45) is -0.268. The highest BCUT2D eigenvalue weighted by Crippen LogP contribution is 2.21. The quantitative estimate of drug-likeness (QED) is 0.0371. The maximum Gasteiger partial charge on any atom is 0.326 e. The molecule has 11 N–H and O–H groups in total. The van der Waals surface area contributed by atoms with Crippen molar-refractivity contribution in [3.8, 4) is 0 Å². The van der Waals surface area contributed by atoms with Crippen LogP contribution in [0.3, 0.4) is 0 Å². The van der Waals surface area contributed by atoms with E-state index in [1.54, 1.807) is 6.92 Å². The zero-order valence-electron chi connectivity index (χ0n) is 22.0. The molecule has 0 aliphatic rings. The fourth-order valence-electron chi connectivity index (χ4n) is 3.51. The third-order valence-electron chi connectivity index (χ3n) is 5.55. The highest BCUT2D eigenvalue weighted by atomic mass is 19.1. The Kier molecular flexibility index (Phi) is 17.4. The first kappa shape index (κ1) is 35.2. The van der Waals surface area contributed by atoms with Crippen LogP contribution in [0, 0.1) is 11.8 Å². The summed E-state index contributed by atoms with van der Waals surface area (Å²) in [4.78, 5) is 67.6. The van der Waals surface area contributed by atoms with E-state index in [1.807, 2.05) is 0 Å². The van der Waals surface area contributed by atoms with Crippen LogP contribution in [0.2, 0.25) is 0 Å². The van der Waals surface area contributed by atoms with Gasteiger partial charge in [-0.2, -0.15) is 0 Å². The number of alkyl halides is 1. The molecule has 4 atom stereocenters. The van der Waals surface area contributed by atoms with E-state index < -0.39 is 73.3 Å². The number of rotatable bonds is 21. The first-order valence-electron chi connectivity index (χ1n) is 12.4. The molecule has 0 spiro atoms. The number of hydrogen-bond acceptors (Lipinski definition) is 8. The molecule has 4 unspecified atom stereocenters. The summed E-state index contributed by atoms with van der Waals surface area (Å²) in [5.74, 6) is -9.74. The molecule has 0 aromatic heterocycles. The largest absolute Gasteiger partial charge is 0.481 e. The number of aliphatic carboxylic acids is 3. The fraction of sp³-hybridized carbons (Fsp3) is 0.696. The second kappa shape index (κ2) is 19.3. The minimum absolute atomic E-state index is 0.0379. The predicted octanol–water partition coefficient (Wildman–Crippen LogP) is -0.817. The summed E-state index contributed by atoms with van der Waals surface area (Å²) in [7, 11) is 0. The number of amidine groups is 2. The Morgan fingerprint density at radius 2 is 1.26 bits per heavy atom. The number of unbranched alkanes of at least 4 members (excludes halogenated alkanes) is 2. The summed E-state index contributed by atoms with van der Waals surface area (Å²) >= 11 is 0. The number of nitrogens with one attached hydrogen (secondary N) is 2. The van der Waals surface area contributed by atoms with E-state index in [-0.39, 0.29) is 25.2 Å². The Balaban J connectivity index is 4.99. The maximum absolute atomic E-state index is 12.4. The van der Waals surface area contributed by atoms with Gasteiger partial charge in [0.15, 0.2) is 0 Å². The van der Waals surface area contributed by atoms with Crippen molar-refractivity contribution in [2.75, 3.05) is 19.8 Å². The summed E-state index contributed by atoms with van der Waals surface area (Å²) < 4.78 is 12.2. The zero-order valence-corrected chi connectivity index (χ0v) is 22.0. The van der Waals surface area contributed by atoms with Gasteiger partial charge < -0.3 is 43.2 Å². The molecule has 0 radical (unpaired) electrons. The molecular weight excluding hydrogens is 521 g/mol. The number of nitrogens with zero attached hydrogens (tertiary/aromatic N) is 2. The van der Waals surface area contributed by atoms with Crippen LogP contribution < -0.4 is 27.8 Å². The summed E-state index contributed by atoms with van der Waals surface area (Å²) in [5.41, 5.74) is 16.5. The van der Waals surface area contributed by atoms with Crippen molar-refractivity contribution < 1.29 is 43.7 Å². The number of carboxylic acid groups (broad SMARTS) is 3. The minimum atomic E-state index is -1.81. The summed E-state index contributed by atoms with van der Waals surface area (Å²) in [6, 6.07) is -1.32. The van der Waals surface area contributed by atoms with Gasteiger partial charge in [0.25, 0.3) is 0 Å². The Bertz CT molecular complexity index is 896. The van der Waals surface area contributed by atoms with Crippen molar-refractivity contribution in [3.05, 3.63) is 0 Å². The lowest BCUT2D eigenvalue weighted by Crippen LogP contribution is -2.45. The van der Waals surface area contributed by atoms with Crippen LogP contribution in [-0.4, -0.2) is 88.7 Å². The van der Waals surface area contributed by atoms with E-state index in [4.69, 9.17) is 17.2 Å². The third-order valence-corrected chi connectivity index (χ3v) is 5.55. The van der Waals surface area contributed by atoms with Crippen molar-refractivity contribution in [1.82, 2.24) is 10.6 Å². The fourth-order valence-corrected chi connectivity index (χ4v) is 3.51. The predicted molar refractivity (Wildman–Crippen MR) is 140 cm³/mol. The van der Waals surface area contributed by atoms with E-state index in [2.05, 4.69) is 20.6 Å². The average Bonchev–Trinajstić information content (AvgIpc) is 2.84. The Morgan fingerprint density at radius 1 is 0.769 bits per heavy atom. The van der Waals surface area contributed by atoms with Crippen molar-refractivity contribution >= 4 is 41.4 Å². The molecule has 0 saturated carbocycles. The van der Waals surface area contributed by atoms with Crippen molar-refractivity contribution in [1.29, 1.82) is 0 Å². The Hall–Kier alpha value is -3.82. The lowest BCUT2D eigenvalue weighted by molar-refractivity contribution is -0.156. The first-order valence-corrected chi connectivity index (χ1v) is 12.4. The second-order valence-electron chi connectivity index (χ2n) is 8.95. The van der Waals surface area contributed by atoms with Crippen molar-refractivity contribution in [3.63, 3.8) is 0 Å². The molecule has 0 fully saturated rings. The Morgan fingerprint density at radius 3 is 1.72 bits per heavy atom. The molecule has 222 valence electrons. The molecule has 16 heteroatoms. The van der Waals surface area contributed by atoms with Crippen LogP contribution in [0.25, 0.3) is 0 Å². The van der Waals surface area contributed by atoms with Crippen molar-refractivity contribution in [2.24, 2.45) is 39.0 Å². The smallest absolute Gasteiger partial charge is 0.326 e. The lowest BCUT2D eigenvalue weighted by Gasteiger charge is -2.22. The van der Waals surface area contributed by atoms with Gasteiger partial charge in [-0.25, -0.2) is 9.18 Å². The van der Waals surface area contributed by atoms with Crippen LogP contribution in [0.15, 0.2) is 9.98 Å². The normalized spacial score (nSPS) is 15.1. The Labute approximate surface area is 225 Å². The van der Waals surface area contributed by atoms with E-state index in [9.17, 15) is 43.7 Å². The van der Waals surface area contributed by atoms with Gasteiger partial charge in [-0.3, -0.25) is 29.2 Å². The molecule has 0 aliphatic heterocycles. The molecule has 2 amide bonds. The second-order valence-corrected chi connectivity index (χ2v) is 8.95. The van der Waals surface area contributed by atoms with Gasteiger partial charge in [0, 0.05) is 25.9 Å². The molecule has 0 aromatic carbocycles.